The molecular formula is C20H20N2O7S2. The maximum atomic E-state index is 12.8. The van der Waals surface area contributed by atoms with Crippen molar-refractivity contribution in [2.24, 2.45) is 4.40 Å². The van der Waals surface area contributed by atoms with Gasteiger partial charge in [0.05, 0.1) is 41.5 Å². The van der Waals surface area contributed by atoms with Gasteiger partial charge in [-0.1, -0.05) is 11.3 Å². The zero-order valence-electron chi connectivity index (χ0n) is 17.0. The van der Waals surface area contributed by atoms with Crippen LogP contribution in [0.2, 0.25) is 0 Å². The number of ether oxygens (including phenoxy) is 3. The summed E-state index contributed by atoms with van der Waals surface area (Å²) in [5.41, 5.74) is 0.845. The van der Waals surface area contributed by atoms with E-state index >= 15 is 0 Å². The largest absolute Gasteiger partial charge is 0.497 e. The van der Waals surface area contributed by atoms with E-state index in [9.17, 15) is 18.0 Å². The van der Waals surface area contributed by atoms with Crippen LogP contribution in [0.5, 0.6) is 5.75 Å². The smallest absolute Gasteiger partial charge is 0.338 e. The zero-order valence-corrected chi connectivity index (χ0v) is 18.7. The Morgan fingerprint density at radius 2 is 1.81 bits per heavy atom. The second-order valence-electron chi connectivity index (χ2n) is 6.19. The Labute approximate surface area is 182 Å². The summed E-state index contributed by atoms with van der Waals surface area (Å²) < 4.78 is 46.4. The van der Waals surface area contributed by atoms with Gasteiger partial charge in [-0.15, -0.1) is 4.40 Å². The van der Waals surface area contributed by atoms with Gasteiger partial charge in [-0.25, -0.2) is 4.79 Å². The van der Waals surface area contributed by atoms with Gasteiger partial charge in [0.1, 0.15) is 12.3 Å². The van der Waals surface area contributed by atoms with Crippen molar-refractivity contribution in [2.45, 2.75) is 18.4 Å². The number of thiazole rings is 1. The number of carbonyl (C=O) groups is 2. The highest BCUT2D eigenvalue weighted by Crippen LogP contribution is 2.22. The fourth-order valence-electron chi connectivity index (χ4n) is 2.73. The molecule has 0 aliphatic rings. The number of sulfonamides is 1. The molecule has 3 aromatic rings. The summed E-state index contributed by atoms with van der Waals surface area (Å²) in [6.45, 7) is 1.68. The van der Waals surface area contributed by atoms with E-state index in [1.807, 2.05) is 0 Å². The summed E-state index contributed by atoms with van der Waals surface area (Å²) in [4.78, 5) is 24.0. The van der Waals surface area contributed by atoms with E-state index in [2.05, 4.69) is 4.40 Å². The van der Waals surface area contributed by atoms with Crippen LogP contribution >= 0.6 is 11.3 Å². The number of esters is 2. The monoisotopic (exact) mass is 464 g/mol. The average molecular weight is 465 g/mol. The van der Waals surface area contributed by atoms with E-state index < -0.39 is 22.0 Å². The van der Waals surface area contributed by atoms with Gasteiger partial charge >= 0.3 is 11.9 Å². The molecule has 164 valence electrons. The van der Waals surface area contributed by atoms with Gasteiger partial charge in [0.15, 0.2) is 0 Å². The fourth-order valence-corrected chi connectivity index (χ4v) is 5.01. The number of benzene rings is 2. The van der Waals surface area contributed by atoms with E-state index in [0.29, 0.717) is 21.5 Å². The molecule has 0 aliphatic heterocycles. The van der Waals surface area contributed by atoms with Crippen molar-refractivity contribution in [2.75, 3.05) is 20.8 Å². The molecule has 1 heterocycles. The van der Waals surface area contributed by atoms with Crippen molar-refractivity contribution >= 4 is 43.5 Å². The topological polar surface area (TPSA) is 113 Å². The molecule has 11 heteroatoms. The first-order valence-corrected chi connectivity index (χ1v) is 11.4. The van der Waals surface area contributed by atoms with Gasteiger partial charge < -0.3 is 18.8 Å². The van der Waals surface area contributed by atoms with Crippen molar-refractivity contribution in [1.82, 2.24) is 4.57 Å². The van der Waals surface area contributed by atoms with E-state index in [1.165, 1.54) is 43.1 Å². The molecule has 3 rings (SSSR count). The first kappa shape index (κ1) is 22.5. The Hall–Kier alpha value is -3.18. The van der Waals surface area contributed by atoms with Crippen LogP contribution in [0, 0.1) is 0 Å². The third-order valence-corrected chi connectivity index (χ3v) is 6.70. The molecule has 0 fully saturated rings. The Balaban J connectivity index is 2.17. The normalized spacial score (nSPS) is 12.0. The quantitative estimate of drug-likeness (QED) is 0.493. The van der Waals surface area contributed by atoms with Crippen LogP contribution < -0.4 is 9.54 Å². The second-order valence-corrected chi connectivity index (χ2v) is 8.80. The predicted molar refractivity (Wildman–Crippen MR) is 114 cm³/mol. The highest BCUT2D eigenvalue weighted by Gasteiger charge is 2.18. The molecule has 0 aliphatic carbocycles. The van der Waals surface area contributed by atoms with E-state index in [0.717, 1.165) is 11.3 Å². The van der Waals surface area contributed by atoms with Gasteiger partial charge in [-0.2, -0.15) is 8.42 Å². The molecule has 1 aromatic heterocycles. The van der Waals surface area contributed by atoms with Gasteiger partial charge in [-0.3, -0.25) is 4.79 Å². The number of rotatable bonds is 7. The summed E-state index contributed by atoms with van der Waals surface area (Å²) in [7, 11) is -1.36. The van der Waals surface area contributed by atoms with Crippen LogP contribution in [-0.4, -0.2) is 45.7 Å². The summed E-state index contributed by atoms with van der Waals surface area (Å²) in [6, 6.07) is 10.5. The van der Waals surface area contributed by atoms with Crippen molar-refractivity contribution in [1.29, 1.82) is 0 Å². The molecule has 0 bridgehead atoms. The lowest BCUT2D eigenvalue weighted by molar-refractivity contribution is -0.141. The maximum Gasteiger partial charge on any atom is 0.338 e. The highest BCUT2D eigenvalue weighted by molar-refractivity contribution is 7.90. The van der Waals surface area contributed by atoms with Crippen LogP contribution in [0.1, 0.15) is 17.3 Å². The third kappa shape index (κ3) is 4.94. The molecule has 0 N–H and O–H groups in total. The first-order chi connectivity index (χ1) is 14.8. The lowest BCUT2D eigenvalue weighted by Gasteiger charge is -2.05. The lowest BCUT2D eigenvalue weighted by Crippen LogP contribution is -2.22. The molecule has 0 unspecified atom stereocenters. The van der Waals surface area contributed by atoms with E-state index in [4.69, 9.17) is 14.2 Å². The minimum absolute atomic E-state index is 0.0254. The van der Waals surface area contributed by atoms with Gasteiger partial charge in [-0.05, 0) is 49.4 Å². The maximum absolute atomic E-state index is 12.8. The molecule has 0 spiro atoms. The first-order valence-electron chi connectivity index (χ1n) is 9.11. The number of hydrogen-bond donors (Lipinski definition) is 0. The zero-order chi connectivity index (χ0) is 22.6. The van der Waals surface area contributed by atoms with Crippen molar-refractivity contribution < 1.29 is 32.2 Å². The molecule has 31 heavy (non-hydrogen) atoms. The van der Waals surface area contributed by atoms with Gasteiger partial charge in [0, 0.05) is 0 Å². The molecule has 2 aromatic carbocycles. The fraction of sp³-hybridized carbons (Fsp3) is 0.250. The summed E-state index contributed by atoms with van der Waals surface area (Å²) >= 11 is 1.03. The van der Waals surface area contributed by atoms with Gasteiger partial charge in [0.2, 0.25) is 4.80 Å². The minimum Gasteiger partial charge on any atom is -0.497 e. The Kier molecular flexibility index (Phi) is 6.76. The Bertz CT molecular complexity index is 1290. The summed E-state index contributed by atoms with van der Waals surface area (Å²) in [5.74, 6) is -0.563. The van der Waals surface area contributed by atoms with Crippen LogP contribution in [0.15, 0.2) is 51.8 Å². The molecule has 0 amide bonds. The SMILES string of the molecule is CCOC(=O)c1ccc2c(c1)sc(=NS(=O)(=O)c1ccc(OC)cc1)n2CC(=O)OC. The number of fused-ring (bicyclic) bond motifs is 1. The number of nitrogens with zero attached hydrogens (tertiary/aromatic N) is 2. The van der Waals surface area contributed by atoms with Crippen molar-refractivity contribution in [3.05, 3.63) is 52.8 Å². The molecular weight excluding hydrogens is 444 g/mol. The van der Waals surface area contributed by atoms with Crippen molar-refractivity contribution in [3.8, 4) is 5.75 Å². The number of carbonyl (C=O) groups excluding carboxylic acids is 2. The summed E-state index contributed by atoms with van der Waals surface area (Å²) in [6.07, 6.45) is 0. The predicted octanol–water partition coefficient (Wildman–Crippen LogP) is 2.35. The van der Waals surface area contributed by atoms with Crippen LogP contribution in [0.4, 0.5) is 0 Å². The summed E-state index contributed by atoms with van der Waals surface area (Å²) in [5, 5.41) is 0. The number of hydrogen-bond acceptors (Lipinski definition) is 8. The highest BCUT2D eigenvalue weighted by atomic mass is 32.2. The van der Waals surface area contributed by atoms with Crippen LogP contribution in [0.25, 0.3) is 10.2 Å². The van der Waals surface area contributed by atoms with E-state index in [-0.39, 0.29) is 22.8 Å². The van der Waals surface area contributed by atoms with Crippen LogP contribution in [0.3, 0.4) is 0 Å². The number of aromatic nitrogens is 1. The molecule has 9 nitrogen and oxygen atoms in total. The standard InChI is InChI=1S/C20H20N2O7S2/c1-4-29-19(24)13-5-10-16-17(11-13)30-20(22(16)12-18(23)28-3)21-31(25,26)15-8-6-14(27-2)7-9-15/h5-11H,4,12H2,1-3H3. The average Bonchev–Trinajstić information content (AvgIpc) is 3.09. The van der Waals surface area contributed by atoms with E-state index in [1.54, 1.807) is 25.1 Å². The third-order valence-electron chi connectivity index (χ3n) is 4.26. The van der Waals surface area contributed by atoms with Gasteiger partial charge in [0.25, 0.3) is 10.0 Å². The molecule has 0 atom stereocenters. The van der Waals surface area contributed by atoms with Crippen LogP contribution in [-0.2, 0) is 30.8 Å². The molecule has 0 saturated heterocycles. The number of methoxy groups -OCH3 is 2. The Morgan fingerprint density at radius 3 is 2.42 bits per heavy atom. The minimum atomic E-state index is -4.07. The second kappa shape index (κ2) is 9.31. The Morgan fingerprint density at radius 1 is 1.10 bits per heavy atom. The molecule has 0 saturated carbocycles. The molecule has 0 radical (unpaired) electrons. The lowest BCUT2D eigenvalue weighted by atomic mass is 10.2. The van der Waals surface area contributed by atoms with Crippen molar-refractivity contribution in [3.63, 3.8) is 0 Å².